The van der Waals surface area contributed by atoms with E-state index >= 15 is 0 Å². The first-order valence-corrected chi connectivity index (χ1v) is 8.55. The number of hydrazone groups is 1. The Morgan fingerprint density at radius 2 is 1.74 bits per heavy atom. The van der Waals surface area contributed by atoms with E-state index in [1.165, 1.54) is 5.01 Å². The summed E-state index contributed by atoms with van der Waals surface area (Å²) >= 11 is 0. The summed E-state index contributed by atoms with van der Waals surface area (Å²) in [5.74, 6) is 1.27. The Morgan fingerprint density at radius 3 is 2.37 bits per heavy atom. The van der Waals surface area contributed by atoms with Gasteiger partial charge in [-0.25, -0.2) is 5.01 Å². The van der Waals surface area contributed by atoms with E-state index in [0.29, 0.717) is 17.9 Å². The van der Waals surface area contributed by atoms with Crippen molar-refractivity contribution in [2.24, 2.45) is 5.10 Å². The molecule has 1 amide bonds. The molecule has 0 saturated carbocycles. The first kappa shape index (κ1) is 18.7. The van der Waals surface area contributed by atoms with Crippen LogP contribution < -0.4 is 14.5 Å². The zero-order chi connectivity index (χ0) is 19.2. The molecule has 27 heavy (non-hydrogen) atoms. The molecule has 1 heterocycles. The zero-order valence-electron chi connectivity index (χ0n) is 15.6. The fourth-order valence-electron chi connectivity index (χ4n) is 2.71. The summed E-state index contributed by atoms with van der Waals surface area (Å²) in [7, 11) is 3.17. The van der Waals surface area contributed by atoms with Crippen LogP contribution in [0.1, 0.15) is 24.5 Å². The molecule has 1 aliphatic rings. The van der Waals surface area contributed by atoms with E-state index in [1.807, 2.05) is 61.5 Å². The lowest BCUT2D eigenvalue weighted by Gasteiger charge is -2.11. The van der Waals surface area contributed by atoms with Gasteiger partial charge in [0, 0.05) is 12.8 Å². The van der Waals surface area contributed by atoms with Gasteiger partial charge in [-0.3, -0.25) is 4.79 Å². The molecule has 0 spiro atoms. The van der Waals surface area contributed by atoms with E-state index in [2.05, 4.69) is 5.10 Å². The van der Waals surface area contributed by atoms with Crippen molar-refractivity contribution >= 4 is 29.5 Å². The highest BCUT2D eigenvalue weighted by molar-refractivity contribution is 6.12. The summed E-state index contributed by atoms with van der Waals surface area (Å²) in [6, 6.07) is 13.4. The van der Waals surface area contributed by atoms with Crippen LogP contribution in [0.3, 0.4) is 0 Å². The molecule has 2 aromatic rings. The summed E-state index contributed by atoms with van der Waals surface area (Å²) in [5.41, 5.74) is 3.60. The number of carbonyl (C=O) groups is 1. The number of hydrogen-bond donors (Lipinski definition) is 0. The summed E-state index contributed by atoms with van der Waals surface area (Å²) < 4.78 is 15.7. The van der Waals surface area contributed by atoms with Crippen molar-refractivity contribution < 1.29 is 19.0 Å². The lowest BCUT2D eigenvalue weighted by Crippen LogP contribution is -2.19. The molecule has 6 nitrogen and oxygen atoms in total. The molecule has 0 atom stereocenters. The number of nitrogens with zero attached hydrogens (tertiary/aromatic N) is 2. The monoisotopic (exact) mass is 366 g/mol. The molecule has 1 aliphatic heterocycles. The highest BCUT2D eigenvalue weighted by Crippen LogP contribution is 2.29. The van der Waals surface area contributed by atoms with Gasteiger partial charge in [-0.15, -0.1) is 0 Å². The van der Waals surface area contributed by atoms with E-state index in [9.17, 15) is 4.79 Å². The van der Waals surface area contributed by atoms with Crippen molar-refractivity contribution in [2.45, 2.75) is 13.3 Å². The maximum atomic E-state index is 11.9. The van der Waals surface area contributed by atoms with Crippen LogP contribution in [0.2, 0.25) is 0 Å². The molecule has 0 N–H and O–H groups in total. The van der Waals surface area contributed by atoms with Crippen LogP contribution in [0.5, 0.6) is 11.5 Å². The van der Waals surface area contributed by atoms with E-state index < -0.39 is 0 Å². The Balaban J connectivity index is 1.71. The van der Waals surface area contributed by atoms with Gasteiger partial charge in [0.15, 0.2) is 18.3 Å². The summed E-state index contributed by atoms with van der Waals surface area (Å²) in [5, 5.41) is 5.71. The van der Waals surface area contributed by atoms with Gasteiger partial charge in [0.2, 0.25) is 0 Å². The maximum Gasteiger partial charge on any atom is 0.253 e. The third kappa shape index (κ3) is 4.54. The lowest BCUT2D eigenvalue weighted by molar-refractivity contribution is -0.116. The van der Waals surface area contributed by atoms with Gasteiger partial charge < -0.3 is 14.2 Å². The number of carbonyl (C=O) groups excluding carboxylic acids is 1. The van der Waals surface area contributed by atoms with E-state index in [4.69, 9.17) is 14.2 Å². The molecule has 0 bridgehead atoms. The van der Waals surface area contributed by atoms with Crippen molar-refractivity contribution in [3.8, 4) is 11.5 Å². The number of rotatable bonds is 7. The SMILES string of the molecule is COCOc1ccc(/C=C/c2ccc(N3N=C(C)CC3=O)cc2)cc1OC. The van der Waals surface area contributed by atoms with Crippen molar-refractivity contribution in [3.05, 3.63) is 53.6 Å². The first-order valence-electron chi connectivity index (χ1n) is 8.55. The van der Waals surface area contributed by atoms with Gasteiger partial charge in [-0.05, 0) is 42.3 Å². The standard InChI is InChI=1S/C21H22N2O4/c1-15-12-21(24)23(22-15)18-9-6-16(7-10-18)4-5-17-8-11-19(27-14-25-2)20(13-17)26-3/h4-11,13H,12,14H2,1-3H3/b5-4+. The van der Waals surface area contributed by atoms with Gasteiger partial charge in [0.25, 0.3) is 5.91 Å². The van der Waals surface area contributed by atoms with Crippen LogP contribution in [0, 0.1) is 0 Å². The minimum Gasteiger partial charge on any atom is -0.493 e. The minimum absolute atomic E-state index is 0.00123. The molecule has 0 aromatic heterocycles. The molecule has 0 unspecified atom stereocenters. The van der Waals surface area contributed by atoms with Gasteiger partial charge >= 0.3 is 0 Å². The molecular formula is C21H22N2O4. The quantitative estimate of drug-likeness (QED) is 0.550. The summed E-state index contributed by atoms with van der Waals surface area (Å²) in [6.45, 7) is 2.02. The second-order valence-electron chi connectivity index (χ2n) is 6.10. The van der Waals surface area contributed by atoms with Crippen LogP contribution in [0.4, 0.5) is 5.69 Å². The molecule has 2 aromatic carbocycles. The predicted molar refractivity (Wildman–Crippen MR) is 106 cm³/mol. The van der Waals surface area contributed by atoms with Crippen LogP contribution in [-0.4, -0.2) is 32.6 Å². The van der Waals surface area contributed by atoms with E-state index in [1.54, 1.807) is 14.2 Å². The second kappa shape index (κ2) is 8.51. The Kier molecular flexibility index (Phi) is 5.88. The van der Waals surface area contributed by atoms with Gasteiger partial charge in [0.05, 0.1) is 19.2 Å². The lowest BCUT2D eigenvalue weighted by atomic mass is 10.1. The third-order valence-corrected chi connectivity index (χ3v) is 4.04. The average Bonchev–Trinajstić information content (AvgIpc) is 3.03. The first-order chi connectivity index (χ1) is 13.1. The number of benzene rings is 2. The highest BCUT2D eigenvalue weighted by Gasteiger charge is 2.22. The molecule has 0 radical (unpaired) electrons. The normalized spacial score (nSPS) is 14.0. The number of amides is 1. The Bertz CT molecular complexity index is 872. The van der Waals surface area contributed by atoms with Crippen molar-refractivity contribution in [2.75, 3.05) is 26.0 Å². The number of anilines is 1. The molecule has 140 valence electrons. The Labute approximate surface area is 158 Å². The number of hydrogen-bond acceptors (Lipinski definition) is 5. The Morgan fingerprint density at radius 1 is 1.04 bits per heavy atom. The van der Waals surface area contributed by atoms with Crippen LogP contribution in [0.25, 0.3) is 12.2 Å². The van der Waals surface area contributed by atoms with Gasteiger partial charge in [-0.2, -0.15) is 5.10 Å². The van der Waals surface area contributed by atoms with E-state index in [0.717, 1.165) is 22.5 Å². The van der Waals surface area contributed by atoms with E-state index in [-0.39, 0.29) is 12.7 Å². The minimum atomic E-state index is -0.00123. The highest BCUT2D eigenvalue weighted by atomic mass is 16.7. The fraction of sp³-hybridized carbons (Fsp3) is 0.238. The van der Waals surface area contributed by atoms with Crippen molar-refractivity contribution in [1.29, 1.82) is 0 Å². The molecule has 6 heteroatoms. The molecule has 0 saturated heterocycles. The number of ether oxygens (including phenoxy) is 3. The number of methoxy groups -OCH3 is 2. The summed E-state index contributed by atoms with van der Waals surface area (Å²) in [4.78, 5) is 11.9. The maximum absolute atomic E-state index is 11.9. The molecule has 0 fully saturated rings. The topological polar surface area (TPSA) is 60.4 Å². The summed E-state index contributed by atoms with van der Waals surface area (Å²) in [6.07, 6.45) is 4.36. The average molecular weight is 366 g/mol. The van der Waals surface area contributed by atoms with Crippen molar-refractivity contribution in [1.82, 2.24) is 0 Å². The molecule has 3 rings (SSSR count). The largest absolute Gasteiger partial charge is 0.493 e. The fourth-order valence-corrected chi connectivity index (χ4v) is 2.71. The smallest absolute Gasteiger partial charge is 0.253 e. The predicted octanol–water partition coefficient (Wildman–Crippen LogP) is 3.96. The van der Waals surface area contributed by atoms with Crippen LogP contribution >= 0.6 is 0 Å². The third-order valence-electron chi connectivity index (χ3n) is 4.04. The van der Waals surface area contributed by atoms with Gasteiger partial charge in [-0.1, -0.05) is 30.4 Å². The van der Waals surface area contributed by atoms with Crippen molar-refractivity contribution in [3.63, 3.8) is 0 Å². The second-order valence-corrected chi connectivity index (χ2v) is 6.10. The zero-order valence-corrected chi connectivity index (χ0v) is 15.6. The van der Waals surface area contributed by atoms with Crippen LogP contribution in [-0.2, 0) is 9.53 Å². The van der Waals surface area contributed by atoms with Crippen LogP contribution in [0.15, 0.2) is 47.6 Å². The molecular weight excluding hydrogens is 344 g/mol. The Hall–Kier alpha value is -3.12. The molecule has 0 aliphatic carbocycles. The van der Waals surface area contributed by atoms with Gasteiger partial charge in [0.1, 0.15) is 0 Å².